The number of Topliss-reactive ketones (excluding diaryl/α,β-unsaturated/α-hetero) is 2. The fourth-order valence-electron chi connectivity index (χ4n) is 6.77. The van der Waals surface area contributed by atoms with Crippen LogP contribution in [0.4, 0.5) is 0 Å². The largest absolute Gasteiger partial charge is 0.493 e. The van der Waals surface area contributed by atoms with Crippen molar-refractivity contribution in [3.63, 3.8) is 0 Å². The van der Waals surface area contributed by atoms with Gasteiger partial charge in [0.05, 0.1) is 14.2 Å². The van der Waals surface area contributed by atoms with Crippen LogP contribution >= 0.6 is 0 Å². The number of ether oxygens (including phenoxy) is 4. The summed E-state index contributed by atoms with van der Waals surface area (Å²) >= 11 is 0. The van der Waals surface area contributed by atoms with Crippen molar-refractivity contribution in [1.29, 1.82) is 0 Å². The number of allylic oxidation sites excluding steroid dienone is 2. The highest BCUT2D eigenvalue weighted by atomic mass is 16.5. The highest BCUT2D eigenvalue weighted by molar-refractivity contribution is 6.15. The second kappa shape index (κ2) is 15.8. The third-order valence-electron chi connectivity index (χ3n) is 9.44. The molecule has 0 bridgehead atoms. The Kier molecular flexibility index (Phi) is 10.9. The Morgan fingerprint density at radius 1 is 0.625 bits per heavy atom. The minimum Gasteiger partial charge on any atom is -0.493 e. The van der Waals surface area contributed by atoms with Gasteiger partial charge in [-0.25, -0.2) is 0 Å². The van der Waals surface area contributed by atoms with Crippen LogP contribution in [0.25, 0.3) is 11.1 Å². The van der Waals surface area contributed by atoms with Crippen molar-refractivity contribution >= 4 is 11.6 Å². The molecule has 0 radical (unpaired) electrons. The molecule has 48 heavy (non-hydrogen) atoms. The Balaban J connectivity index is 1.49. The molecular formula is C42H44O6. The Hall–Kier alpha value is -4.84. The van der Waals surface area contributed by atoms with Gasteiger partial charge in [-0.15, -0.1) is 0 Å². The van der Waals surface area contributed by atoms with Crippen LogP contribution in [0.1, 0.15) is 89.6 Å². The Bertz CT molecular complexity index is 1750. The monoisotopic (exact) mass is 644 g/mol. The second-order valence-electron chi connectivity index (χ2n) is 12.6. The average molecular weight is 645 g/mol. The summed E-state index contributed by atoms with van der Waals surface area (Å²) in [7, 11) is 3.19. The molecule has 0 spiro atoms. The summed E-state index contributed by atoms with van der Waals surface area (Å²) < 4.78 is 24.3. The van der Waals surface area contributed by atoms with E-state index in [0.717, 1.165) is 68.1 Å². The third kappa shape index (κ3) is 7.65. The summed E-state index contributed by atoms with van der Waals surface area (Å²) in [6, 6.07) is 27.1. The zero-order valence-corrected chi connectivity index (χ0v) is 28.0. The highest BCUT2D eigenvalue weighted by Crippen LogP contribution is 2.44. The van der Waals surface area contributed by atoms with Gasteiger partial charge in [0.1, 0.15) is 13.2 Å². The maximum Gasteiger partial charge on any atom is 0.189 e. The van der Waals surface area contributed by atoms with Gasteiger partial charge in [-0.1, -0.05) is 86.0 Å². The fraction of sp³-hybridized carbons (Fsp3) is 0.333. The standard InChI is InChI=1S/C42H44O6/c1-45-37-23-33(35(41(43)31-19-11-5-12-20-31)25-39(37)47-27-29-15-7-3-8-16-29)34-24-38(46-2)40(48-28-30-17-9-4-10-18-30)26-36(34)42(44)32-21-13-6-14-22-32/h3-4,7-10,15-19,23-26,32H,5-6,11-14,20-22,27-28H2,1-2H3. The van der Waals surface area contributed by atoms with Crippen LogP contribution in [-0.4, -0.2) is 25.8 Å². The van der Waals surface area contributed by atoms with Crippen molar-refractivity contribution in [3.8, 4) is 34.1 Å². The van der Waals surface area contributed by atoms with Gasteiger partial charge in [-0.05, 0) is 90.6 Å². The van der Waals surface area contributed by atoms with E-state index in [9.17, 15) is 9.59 Å². The maximum atomic E-state index is 14.4. The summed E-state index contributed by atoms with van der Waals surface area (Å²) in [6.07, 6.45) is 10.6. The van der Waals surface area contributed by atoms with E-state index in [1.807, 2.05) is 78.9 Å². The summed E-state index contributed by atoms with van der Waals surface area (Å²) in [5.41, 5.74) is 5.04. The molecule has 0 atom stereocenters. The molecule has 6 nitrogen and oxygen atoms in total. The molecule has 6 rings (SSSR count). The van der Waals surface area contributed by atoms with Gasteiger partial charge in [0, 0.05) is 17.0 Å². The van der Waals surface area contributed by atoms with Crippen LogP contribution in [0.5, 0.6) is 23.0 Å². The molecule has 0 unspecified atom stereocenters. The molecule has 6 heteroatoms. The Morgan fingerprint density at radius 2 is 1.17 bits per heavy atom. The Morgan fingerprint density at radius 3 is 1.69 bits per heavy atom. The number of carbonyl (C=O) groups is 2. The minimum atomic E-state index is -0.0940. The number of methoxy groups -OCH3 is 2. The summed E-state index contributed by atoms with van der Waals surface area (Å²) in [5.74, 6) is 1.84. The number of carbonyl (C=O) groups excluding carboxylic acids is 2. The number of rotatable bonds is 13. The predicted molar refractivity (Wildman–Crippen MR) is 188 cm³/mol. The van der Waals surface area contributed by atoms with Crippen LogP contribution in [0.15, 0.2) is 96.6 Å². The van der Waals surface area contributed by atoms with Crippen molar-refractivity contribution in [3.05, 3.63) is 119 Å². The van der Waals surface area contributed by atoms with Crippen molar-refractivity contribution in [2.45, 2.75) is 71.0 Å². The molecule has 0 aromatic heterocycles. The number of hydrogen-bond donors (Lipinski definition) is 0. The van der Waals surface area contributed by atoms with Crippen molar-refractivity contribution in [1.82, 2.24) is 0 Å². The van der Waals surface area contributed by atoms with Crippen molar-refractivity contribution < 1.29 is 28.5 Å². The average Bonchev–Trinajstić information content (AvgIpc) is 3.16. The summed E-state index contributed by atoms with van der Waals surface area (Å²) in [4.78, 5) is 28.8. The van der Waals surface area contributed by atoms with E-state index in [0.29, 0.717) is 64.9 Å². The van der Waals surface area contributed by atoms with E-state index < -0.39 is 0 Å². The van der Waals surface area contributed by atoms with Crippen LogP contribution < -0.4 is 18.9 Å². The van der Waals surface area contributed by atoms with Crippen molar-refractivity contribution in [2.75, 3.05) is 14.2 Å². The SMILES string of the molecule is COc1cc(-c2cc(OC)c(OCc3ccccc3)cc2C(=O)C2CCCCC2)c(C(=O)C2=CCCCC2)cc1OCc1ccccc1. The Labute approximate surface area is 283 Å². The van der Waals surface area contributed by atoms with Crippen LogP contribution in [0, 0.1) is 5.92 Å². The molecule has 248 valence electrons. The first kappa shape index (κ1) is 33.1. The lowest BCUT2D eigenvalue weighted by Gasteiger charge is -2.24. The van der Waals surface area contributed by atoms with Gasteiger partial charge in [0.25, 0.3) is 0 Å². The number of hydrogen-bond acceptors (Lipinski definition) is 6. The molecule has 2 aliphatic carbocycles. The lowest BCUT2D eigenvalue weighted by Crippen LogP contribution is -2.19. The summed E-state index contributed by atoms with van der Waals surface area (Å²) in [5, 5.41) is 0. The molecule has 1 saturated carbocycles. The molecule has 0 aliphatic heterocycles. The lowest BCUT2D eigenvalue weighted by molar-refractivity contribution is 0.0889. The molecule has 0 saturated heterocycles. The lowest BCUT2D eigenvalue weighted by atomic mass is 9.80. The first-order valence-electron chi connectivity index (χ1n) is 17.1. The molecule has 0 N–H and O–H groups in total. The van der Waals surface area contributed by atoms with Crippen LogP contribution in [0.2, 0.25) is 0 Å². The topological polar surface area (TPSA) is 71.1 Å². The molecular weight excluding hydrogens is 600 g/mol. The van der Waals surface area contributed by atoms with Gasteiger partial charge in [0.2, 0.25) is 0 Å². The van der Waals surface area contributed by atoms with Gasteiger partial charge >= 0.3 is 0 Å². The maximum absolute atomic E-state index is 14.4. The molecule has 0 amide bonds. The molecule has 4 aromatic rings. The first-order chi connectivity index (χ1) is 23.6. The van der Waals surface area contributed by atoms with Gasteiger partial charge < -0.3 is 18.9 Å². The van der Waals surface area contributed by atoms with Gasteiger partial charge in [0.15, 0.2) is 34.6 Å². The second-order valence-corrected chi connectivity index (χ2v) is 12.6. The van der Waals surface area contributed by atoms with Crippen LogP contribution in [0.3, 0.4) is 0 Å². The molecule has 0 heterocycles. The molecule has 4 aromatic carbocycles. The highest BCUT2D eigenvalue weighted by Gasteiger charge is 2.30. The van der Waals surface area contributed by atoms with Crippen LogP contribution in [-0.2, 0) is 13.2 Å². The normalized spacial score (nSPS) is 14.9. The fourth-order valence-corrected chi connectivity index (χ4v) is 6.77. The van der Waals surface area contributed by atoms with Crippen molar-refractivity contribution in [2.24, 2.45) is 5.92 Å². The molecule has 1 fully saturated rings. The van der Waals surface area contributed by atoms with E-state index in [1.54, 1.807) is 20.3 Å². The summed E-state index contributed by atoms with van der Waals surface area (Å²) in [6.45, 7) is 0.645. The van der Waals surface area contributed by atoms with E-state index >= 15 is 0 Å². The van der Waals surface area contributed by atoms with E-state index in [2.05, 4.69) is 6.08 Å². The zero-order valence-electron chi connectivity index (χ0n) is 28.0. The number of benzene rings is 4. The third-order valence-corrected chi connectivity index (χ3v) is 9.44. The zero-order chi connectivity index (χ0) is 33.3. The minimum absolute atomic E-state index is 0.0589. The van der Waals surface area contributed by atoms with Gasteiger partial charge in [-0.2, -0.15) is 0 Å². The predicted octanol–water partition coefficient (Wildman–Crippen LogP) is 9.97. The van der Waals surface area contributed by atoms with E-state index in [1.165, 1.54) is 0 Å². The molecule has 2 aliphatic rings. The van der Waals surface area contributed by atoms with Gasteiger partial charge in [-0.3, -0.25) is 9.59 Å². The van der Waals surface area contributed by atoms with E-state index in [4.69, 9.17) is 18.9 Å². The smallest absolute Gasteiger partial charge is 0.189 e. The quantitative estimate of drug-likeness (QED) is 0.135. The number of ketones is 2. The van der Waals surface area contributed by atoms with E-state index in [-0.39, 0.29) is 17.5 Å². The first-order valence-corrected chi connectivity index (χ1v) is 17.1.